The quantitative estimate of drug-likeness (QED) is 0.580. The SMILES string of the molecule is CCOc1ccc(NC(CC)C(=O)N/N=C/c2ccco2)cc1. The summed E-state index contributed by atoms with van der Waals surface area (Å²) >= 11 is 0. The van der Waals surface area contributed by atoms with Gasteiger partial charge in [0.15, 0.2) is 0 Å². The lowest BCUT2D eigenvalue weighted by Gasteiger charge is -2.16. The van der Waals surface area contributed by atoms with E-state index in [-0.39, 0.29) is 11.9 Å². The van der Waals surface area contributed by atoms with E-state index in [1.54, 1.807) is 18.4 Å². The summed E-state index contributed by atoms with van der Waals surface area (Å²) in [7, 11) is 0. The van der Waals surface area contributed by atoms with Gasteiger partial charge in [-0.15, -0.1) is 0 Å². The molecular weight excluding hydrogens is 294 g/mol. The van der Waals surface area contributed by atoms with Gasteiger partial charge >= 0.3 is 0 Å². The van der Waals surface area contributed by atoms with Crippen molar-refractivity contribution in [2.45, 2.75) is 26.3 Å². The highest BCUT2D eigenvalue weighted by atomic mass is 16.5. The number of nitrogens with zero attached hydrogens (tertiary/aromatic N) is 1. The number of benzene rings is 1. The monoisotopic (exact) mass is 315 g/mol. The predicted octanol–water partition coefficient (Wildman–Crippen LogP) is 3.02. The molecule has 122 valence electrons. The maximum absolute atomic E-state index is 12.1. The number of hydrogen-bond donors (Lipinski definition) is 2. The molecule has 23 heavy (non-hydrogen) atoms. The summed E-state index contributed by atoms with van der Waals surface area (Å²) in [6.45, 7) is 4.50. The molecule has 0 aliphatic rings. The first-order chi connectivity index (χ1) is 11.2. The Kier molecular flexibility index (Phi) is 6.23. The molecule has 1 aromatic carbocycles. The molecule has 0 aliphatic heterocycles. The molecule has 0 bridgehead atoms. The normalized spacial score (nSPS) is 12.1. The summed E-state index contributed by atoms with van der Waals surface area (Å²) in [6.07, 6.45) is 3.64. The van der Waals surface area contributed by atoms with E-state index in [2.05, 4.69) is 15.8 Å². The molecule has 0 radical (unpaired) electrons. The summed E-state index contributed by atoms with van der Waals surface area (Å²) in [4.78, 5) is 12.1. The van der Waals surface area contributed by atoms with E-state index in [9.17, 15) is 4.79 Å². The molecule has 6 heteroatoms. The third-order valence-corrected chi connectivity index (χ3v) is 3.14. The second-order valence-electron chi connectivity index (χ2n) is 4.81. The fraction of sp³-hybridized carbons (Fsp3) is 0.294. The number of rotatable bonds is 8. The average molecular weight is 315 g/mol. The van der Waals surface area contributed by atoms with E-state index >= 15 is 0 Å². The summed E-state index contributed by atoms with van der Waals surface area (Å²) in [6, 6.07) is 10.6. The van der Waals surface area contributed by atoms with Gasteiger partial charge in [-0.05, 0) is 49.7 Å². The van der Waals surface area contributed by atoms with Crippen LogP contribution in [0.1, 0.15) is 26.0 Å². The highest BCUT2D eigenvalue weighted by molar-refractivity contribution is 5.86. The van der Waals surface area contributed by atoms with Gasteiger partial charge in [-0.1, -0.05) is 6.92 Å². The van der Waals surface area contributed by atoms with Crippen molar-refractivity contribution >= 4 is 17.8 Å². The highest BCUT2D eigenvalue weighted by Gasteiger charge is 2.15. The second-order valence-corrected chi connectivity index (χ2v) is 4.81. The first-order valence-corrected chi connectivity index (χ1v) is 7.58. The van der Waals surface area contributed by atoms with Gasteiger partial charge in [0.2, 0.25) is 0 Å². The molecule has 1 aromatic heterocycles. The second kappa shape index (κ2) is 8.63. The van der Waals surface area contributed by atoms with Crippen LogP contribution in [0.25, 0.3) is 0 Å². The Morgan fingerprint density at radius 1 is 1.30 bits per heavy atom. The molecular formula is C17H21N3O3. The van der Waals surface area contributed by atoms with Crippen LogP contribution in [0.15, 0.2) is 52.2 Å². The maximum Gasteiger partial charge on any atom is 0.262 e. The minimum Gasteiger partial charge on any atom is -0.494 e. The number of nitrogens with one attached hydrogen (secondary N) is 2. The fourth-order valence-corrected chi connectivity index (χ4v) is 1.97. The lowest BCUT2D eigenvalue weighted by Crippen LogP contribution is -2.36. The molecule has 0 saturated heterocycles. The van der Waals surface area contributed by atoms with Crippen molar-refractivity contribution in [2.24, 2.45) is 5.10 Å². The van der Waals surface area contributed by atoms with Crippen molar-refractivity contribution < 1.29 is 13.9 Å². The standard InChI is InChI=1S/C17H21N3O3/c1-3-16(17(21)20-18-12-15-6-5-11-23-15)19-13-7-9-14(10-8-13)22-4-2/h5-12,16,19H,3-4H2,1-2H3,(H,20,21)/b18-12+. The summed E-state index contributed by atoms with van der Waals surface area (Å²) < 4.78 is 10.5. The smallest absolute Gasteiger partial charge is 0.262 e. The number of anilines is 1. The molecule has 0 saturated carbocycles. The van der Waals surface area contributed by atoms with Crippen LogP contribution in [0, 0.1) is 0 Å². The van der Waals surface area contributed by atoms with E-state index in [1.807, 2.05) is 38.1 Å². The van der Waals surface area contributed by atoms with Crippen LogP contribution in [-0.2, 0) is 4.79 Å². The summed E-state index contributed by atoms with van der Waals surface area (Å²) in [5.41, 5.74) is 3.36. The van der Waals surface area contributed by atoms with Crippen molar-refractivity contribution in [1.29, 1.82) is 0 Å². The van der Waals surface area contributed by atoms with E-state index < -0.39 is 0 Å². The Morgan fingerprint density at radius 3 is 2.70 bits per heavy atom. The maximum atomic E-state index is 12.1. The van der Waals surface area contributed by atoms with Crippen molar-refractivity contribution in [3.8, 4) is 5.75 Å². The molecule has 2 rings (SSSR count). The molecule has 0 spiro atoms. The van der Waals surface area contributed by atoms with Gasteiger partial charge in [0, 0.05) is 5.69 Å². The summed E-state index contributed by atoms with van der Waals surface area (Å²) in [5, 5.41) is 7.06. The molecule has 0 aliphatic carbocycles. The Labute approximate surface area is 135 Å². The molecule has 0 fully saturated rings. The molecule has 6 nitrogen and oxygen atoms in total. The zero-order chi connectivity index (χ0) is 16.5. The van der Waals surface area contributed by atoms with Crippen LogP contribution in [0.4, 0.5) is 5.69 Å². The Bertz CT molecular complexity index is 621. The largest absolute Gasteiger partial charge is 0.494 e. The molecule has 2 N–H and O–H groups in total. The Balaban J connectivity index is 1.89. The van der Waals surface area contributed by atoms with Gasteiger partial charge in [-0.3, -0.25) is 4.79 Å². The van der Waals surface area contributed by atoms with E-state index in [0.717, 1.165) is 11.4 Å². The van der Waals surface area contributed by atoms with Gasteiger partial charge in [-0.25, -0.2) is 5.43 Å². The molecule has 1 unspecified atom stereocenters. The first kappa shape index (κ1) is 16.6. The van der Waals surface area contributed by atoms with Crippen LogP contribution in [-0.4, -0.2) is 24.8 Å². The molecule has 2 aromatic rings. The predicted molar refractivity (Wildman–Crippen MR) is 89.8 cm³/mol. The van der Waals surface area contributed by atoms with Crippen molar-refractivity contribution in [3.63, 3.8) is 0 Å². The zero-order valence-corrected chi connectivity index (χ0v) is 13.3. The van der Waals surface area contributed by atoms with Crippen LogP contribution in [0.3, 0.4) is 0 Å². The van der Waals surface area contributed by atoms with Crippen LogP contribution in [0.5, 0.6) is 5.75 Å². The fourth-order valence-electron chi connectivity index (χ4n) is 1.97. The van der Waals surface area contributed by atoms with Gasteiger partial charge in [0.05, 0.1) is 19.1 Å². The number of carbonyl (C=O) groups is 1. The number of hydrogen-bond acceptors (Lipinski definition) is 5. The Hall–Kier alpha value is -2.76. The zero-order valence-electron chi connectivity index (χ0n) is 13.3. The minimum atomic E-state index is -0.373. The van der Waals surface area contributed by atoms with Crippen molar-refractivity contribution in [3.05, 3.63) is 48.4 Å². The van der Waals surface area contributed by atoms with E-state index in [0.29, 0.717) is 18.8 Å². The van der Waals surface area contributed by atoms with Gasteiger partial charge in [-0.2, -0.15) is 5.10 Å². The van der Waals surface area contributed by atoms with Crippen LogP contribution < -0.4 is 15.5 Å². The van der Waals surface area contributed by atoms with Gasteiger partial charge < -0.3 is 14.5 Å². The number of hydrazone groups is 1. The number of amides is 1. The van der Waals surface area contributed by atoms with Crippen molar-refractivity contribution in [2.75, 3.05) is 11.9 Å². The van der Waals surface area contributed by atoms with Crippen LogP contribution in [0.2, 0.25) is 0 Å². The van der Waals surface area contributed by atoms with Gasteiger partial charge in [0.1, 0.15) is 17.6 Å². The first-order valence-electron chi connectivity index (χ1n) is 7.58. The molecule has 1 heterocycles. The Morgan fingerprint density at radius 2 is 2.09 bits per heavy atom. The molecule has 1 amide bonds. The number of ether oxygens (including phenoxy) is 1. The summed E-state index contributed by atoms with van der Waals surface area (Å²) in [5.74, 6) is 1.18. The van der Waals surface area contributed by atoms with E-state index in [1.165, 1.54) is 6.21 Å². The lowest BCUT2D eigenvalue weighted by atomic mass is 10.2. The number of carbonyl (C=O) groups excluding carboxylic acids is 1. The molecule has 1 atom stereocenters. The third-order valence-electron chi connectivity index (χ3n) is 3.14. The average Bonchev–Trinajstić information content (AvgIpc) is 3.07. The topological polar surface area (TPSA) is 75.9 Å². The minimum absolute atomic E-state index is 0.204. The third kappa shape index (κ3) is 5.18. The van der Waals surface area contributed by atoms with Crippen molar-refractivity contribution in [1.82, 2.24) is 5.43 Å². The van der Waals surface area contributed by atoms with Crippen LogP contribution >= 0.6 is 0 Å². The highest BCUT2D eigenvalue weighted by Crippen LogP contribution is 2.17. The number of furan rings is 1. The van der Waals surface area contributed by atoms with Gasteiger partial charge in [0.25, 0.3) is 5.91 Å². The van der Waals surface area contributed by atoms with E-state index in [4.69, 9.17) is 9.15 Å². The lowest BCUT2D eigenvalue weighted by molar-refractivity contribution is -0.121.